The van der Waals surface area contributed by atoms with Crippen LogP contribution in [0, 0.1) is 13.8 Å². The molecule has 0 spiro atoms. The van der Waals surface area contributed by atoms with E-state index in [9.17, 15) is 18.3 Å². The molecule has 1 aromatic heterocycles. The first-order valence-corrected chi connectivity index (χ1v) is 8.34. The molecule has 7 nitrogen and oxygen atoms in total. The minimum Gasteiger partial charge on any atom is -0.480 e. The molecule has 0 bridgehead atoms. The highest BCUT2D eigenvalue weighted by atomic mass is 32.2. The average molecular weight is 335 g/mol. The van der Waals surface area contributed by atoms with E-state index in [1.807, 2.05) is 6.07 Å². The standard InChI is InChI=1S/C15H17N3O4S/c1-10-13(11(2)17-16-10)14(15(19)20)18-23(21,22)9-8-12-6-4-3-5-7-12/h3-9,14,18H,1-2H3,(H,16,17)(H,19,20)/b9-8+/t14-/m1/s1. The van der Waals surface area contributed by atoms with E-state index in [1.165, 1.54) is 6.08 Å². The third-order valence-corrected chi connectivity index (χ3v) is 4.30. The lowest BCUT2D eigenvalue weighted by Gasteiger charge is -2.13. The summed E-state index contributed by atoms with van der Waals surface area (Å²) in [6.45, 7) is 3.25. The van der Waals surface area contributed by atoms with Crippen molar-refractivity contribution in [1.29, 1.82) is 0 Å². The van der Waals surface area contributed by atoms with Gasteiger partial charge in [-0.2, -0.15) is 9.82 Å². The van der Waals surface area contributed by atoms with E-state index in [1.54, 1.807) is 38.1 Å². The van der Waals surface area contributed by atoms with Crippen LogP contribution in [0.1, 0.15) is 28.6 Å². The maximum absolute atomic E-state index is 12.1. The number of aromatic nitrogens is 2. The highest BCUT2D eigenvalue weighted by molar-refractivity contribution is 7.92. The number of carboxylic acid groups (broad SMARTS) is 1. The predicted molar refractivity (Wildman–Crippen MR) is 86.0 cm³/mol. The van der Waals surface area contributed by atoms with Gasteiger partial charge in [-0.05, 0) is 25.5 Å². The third-order valence-electron chi connectivity index (χ3n) is 3.24. The smallest absolute Gasteiger partial charge is 0.326 e. The van der Waals surface area contributed by atoms with Crippen molar-refractivity contribution >= 4 is 22.1 Å². The van der Waals surface area contributed by atoms with E-state index >= 15 is 0 Å². The number of aryl methyl sites for hydroxylation is 2. The molecule has 0 unspecified atom stereocenters. The van der Waals surface area contributed by atoms with Crippen LogP contribution >= 0.6 is 0 Å². The Morgan fingerprint density at radius 3 is 2.48 bits per heavy atom. The number of hydrogen-bond donors (Lipinski definition) is 3. The van der Waals surface area contributed by atoms with E-state index < -0.39 is 22.0 Å². The number of nitrogens with one attached hydrogen (secondary N) is 2. The molecule has 0 aliphatic carbocycles. The van der Waals surface area contributed by atoms with Gasteiger partial charge in [0.2, 0.25) is 10.0 Å². The van der Waals surface area contributed by atoms with E-state index in [4.69, 9.17) is 0 Å². The van der Waals surface area contributed by atoms with Gasteiger partial charge in [0, 0.05) is 16.7 Å². The molecule has 2 aromatic rings. The van der Waals surface area contributed by atoms with Gasteiger partial charge in [-0.1, -0.05) is 30.3 Å². The Morgan fingerprint density at radius 1 is 1.30 bits per heavy atom. The van der Waals surface area contributed by atoms with E-state index in [2.05, 4.69) is 14.9 Å². The fourth-order valence-corrected chi connectivity index (χ4v) is 3.12. The molecule has 2 rings (SSSR count). The predicted octanol–water partition coefficient (Wildman–Crippen LogP) is 1.74. The van der Waals surface area contributed by atoms with Crippen molar-refractivity contribution in [2.45, 2.75) is 19.9 Å². The molecule has 0 radical (unpaired) electrons. The number of H-pyrrole nitrogens is 1. The van der Waals surface area contributed by atoms with Crippen LogP contribution in [0.5, 0.6) is 0 Å². The summed E-state index contributed by atoms with van der Waals surface area (Å²) in [4.78, 5) is 11.5. The van der Waals surface area contributed by atoms with Gasteiger partial charge in [-0.25, -0.2) is 8.42 Å². The quantitative estimate of drug-likeness (QED) is 0.744. The Labute approximate surface area is 134 Å². The second-order valence-electron chi connectivity index (χ2n) is 5.00. The highest BCUT2D eigenvalue weighted by Gasteiger charge is 2.28. The summed E-state index contributed by atoms with van der Waals surface area (Å²) >= 11 is 0. The van der Waals surface area contributed by atoms with Crippen LogP contribution in [0.25, 0.3) is 6.08 Å². The van der Waals surface area contributed by atoms with Gasteiger partial charge in [0.15, 0.2) is 0 Å². The van der Waals surface area contributed by atoms with Crippen molar-refractivity contribution in [1.82, 2.24) is 14.9 Å². The SMILES string of the molecule is Cc1n[nH]c(C)c1[C@@H](NS(=O)(=O)/C=C/c1ccccc1)C(=O)O. The number of carboxylic acids is 1. The Bertz CT molecular complexity index is 806. The lowest BCUT2D eigenvalue weighted by atomic mass is 10.1. The first-order valence-electron chi connectivity index (χ1n) is 6.80. The summed E-state index contributed by atoms with van der Waals surface area (Å²) in [6.07, 6.45) is 1.40. The highest BCUT2D eigenvalue weighted by Crippen LogP contribution is 2.21. The summed E-state index contributed by atoms with van der Waals surface area (Å²) in [6, 6.07) is 7.44. The molecule has 23 heavy (non-hydrogen) atoms. The molecule has 0 saturated heterocycles. The van der Waals surface area contributed by atoms with Crippen LogP contribution < -0.4 is 4.72 Å². The number of sulfonamides is 1. The van der Waals surface area contributed by atoms with Crippen LogP contribution in [0.4, 0.5) is 0 Å². The molecule has 8 heteroatoms. The van der Waals surface area contributed by atoms with Crippen molar-refractivity contribution in [3.05, 3.63) is 58.3 Å². The summed E-state index contributed by atoms with van der Waals surface area (Å²) in [5.74, 6) is -1.30. The van der Waals surface area contributed by atoms with Gasteiger partial charge in [-0.15, -0.1) is 0 Å². The van der Waals surface area contributed by atoms with Gasteiger partial charge in [0.05, 0.1) is 5.69 Å². The minimum absolute atomic E-state index is 0.314. The molecule has 1 atom stereocenters. The van der Waals surface area contributed by atoms with Crippen molar-refractivity contribution in [3.63, 3.8) is 0 Å². The average Bonchev–Trinajstić information content (AvgIpc) is 2.83. The van der Waals surface area contributed by atoms with Crippen molar-refractivity contribution in [2.24, 2.45) is 0 Å². The fourth-order valence-electron chi connectivity index (χ4n) is 2.15. The Hall–Kier alpha value is -2.45. The number of carbonyl (C=O) groups is 1. The first kappa shape index (κ1) is 16.9. The summed E-state index contributed by atoms with van der Waals surface area (Å²) in [5.41, 5.74) is 1.95. The van der Waals surface area contributed by atoms with Crippen LogP contribution in [-0.4, -0.2) is 29.7 Å². The second kappa shape index (κ2) is 6.76. The molecule has 0 amide bonds. The topological polar surface area (TPSA) is 112 Å². The second-order valence-corrected chi connectivity index (χ2v) is 6.59. The lowest BCUT2D eigenvalue weighted by Crippen LogP contribution is -2.33. The zero-order valence-corrected chi connectivity index (χ0v) is 13.5. The normalized spacial score (nSPS) is 13.3. The monoisotopic (exact) mass is 335 g/mol. The van der Waals surface area contributed by atoms with Crippen LogP contribution in [-0.2, 0) is 14.8 Å². The first-order chi connectivity index (χ1) is 10.8. The van der Waals surface area contributed by atoms with E-state index in [-0.39, 0.29) is 0 Å². The van der Waals surface area contributed by atoms with E-state index in [0.29, 0.717) is 22.5 Å². The Balaban J connectivity index is 2.26. The Kier molecular flexibility index (Phi) is 4.97. The van der Waals surface area contributed by atoms with E-state index in [0.717, 1.165) is 5.41 Å². The fraction of sp³-hybridized carbons (Fsp3) is 0.200. The number of rotatable bonds is 6. The number of nitrogens with zero attached hydrogens (tertiary/aromatic N) is 1. The minimum atomic E-state index is -3.94. The van der Waals surface area contributed by atoms with Gasteiger partial charge < -0.3 is 5.11 Å². The van der Waals surface area contributed by atoms with Gasteiger partial charge in [0.1, 0.15) is 6.04 Å². The van der Waals surface area contributed by atoms with Crippen LogP contribution in [0.3, 0.4) is 0 Å². The zero-order chi connectivity index (χ0) is 17.0. The van der Waals surface area contributed by atoms with Gasteiger partial charge in [-0.3, -0.25) is 9.89 Å². The van der Waals surface area contributed by atoms with Crippen LogP contribution in [0.15, 0.2) is 35.7 Å². The number of hydrogen-bond acceptors (Lipinski definition) is 4. The number of benzene rings is 1. The number of aromatic amines is 1. The molecule has 0 fully saturated rings. The summed E-state index contributed by atoms with van der Waals surface area (Å²) in [7, 11) is -3.94. The Morgan fingerprint density at radius 2 is 1.96 bits per heavy atom. The van der Waals surface area contributed by atoms with Crippen molar-refractivity contribution < 1.29 is 18.3 Å². The molecular weight excluding hydrogens is 318 g/mol. The van der Waals surface area contributed by atoms with Crippen molar-refractivity contribution in [2.75, 3.05) is 0 Å². The zero-order valence-electron chi connectivity index (χ0n) is 12.6. The maximum Gasteiger partial charge on any atom is 0.326 e. The number of aliphatic carboxylic acids is 1. The van der Waals surface area contributed by atoms with Gasteiger partial charge >= 0.3 is 5.97 Å². The summed E-state index contributed by atoms with van der Waals surface area (Å²) < 4.78 is 26.5. The van der Waals surface area contributed by atoms with Crippen LogP contribution in [0.2, 0.25) is 0 Å². The van der Waals surface area contributed by atoms with Gasteiger partial charge in [0.25, 0.3) is 0 Å². The van der Waals surface area contributed by atoms with Crippen molar-refractivity contribution in [3.8, 4) is 0 Å². The molecule has 0 aliphatic heterocycles. The maximum atomic E-state index is 12.1. The molecule has 122 valence electrons. The third kappa shape index (κ3) is 4.27. The molecule has 3 N–H and O–H groups in total. The molecular formula is C15H17N3O4S. The molecule has 0 aliphatic rings. The molecule has 0 saturated carbocycles. The lowest BCUT2D eigenvalue weighted by molar-refractivity contribution is -0.139. The largest absolute Gasteiger partial charge is 0.480 e. The molecule has 1 heterocycles. The molecule has 1 aromatic carbocycles. The summed E-state index contributed by atoms with van der Waals surface area (Å²) in [5, 5.41) is 16.8.